The Bertz CT molecular complexity index is 578. The molecular formula is C15H21N3O2. The number of hydrogen-bond acceptors (Lipinski definition) is 4. The van der Waals surface area contributed by atoms with E-state index >= 15 is 0 Å². The van der Waals surface area contributed by atoms with Crippen LogP contribution in [0, 0.1) is 0 Å². The van der Waals surface area contributed by atoms with Crippen LogP contribution >= 0.6 is 0 Å². The van der Waals surface area contributed by atoms with Crippen molar-refractivity contribution in [3.63, 3.8) is 0 Å². The van der Waals surface area contributed by atoms with Gasteiger partial charge in [0.15, 0.2) is 11.5 Å². The normalized spacial score (nSPS) is 10.6. The van der Waals surface area contributed by atoms with Crippen molar-refractivity contribution < 1.29 is 9.47 Å². The molecule has 0 bridgehead atoms. The predicted octanol–water partition coefficient (Wildman–Crippen LogP) is 2.21. The molecule has 0 aliphatic heterocycles. The quantitative estimate of drug-likeness (QED) is 0.878. The number of rotatable bonds is 6. The summed E-state index contributed by atoms with van der Waals surface area (Å²) in [6, 6.07) is 3.99. The Labute approximate surface area is 119 Å². The standard InChI is InChI=1S/C15H21N3O2/c1-5-16-10-11-8-13(19-3)14(20-4)9-12(11)15-17-6-7-18(15)2/h6-9,16H,5,10H2,1-4H3. The molecule has 0 spiro atoms. The summed E-state index contributed by atoms with van der Waals surface area (Å²) in [5.74, 6) is 2.36. The summed E-state index contributed by atoms with van der Waals surface area (Å²) in [6.45, 7) is 3.76. The van der Waals surface area contributed by atoms with Crippen molar-refractivity contribution in [2.45, 2.75) is 13.5 Å². The summed E-state index contributed by atoms with van der Waals surface area (Å²) in [4.78, 5) is 4.42. The summed E-state index contributed by atoms with van der Waals surface area (Å²) >= 11 is 0. The largest absolute Gasteiger partial charge is 0.493 e. The highest BCUT2D eigenvalue weighted by Gasteiger charge is 2.15. The van der Waals surface area contributed by atoms with Gasteiger partial charge in [0.25, 0.3) is 0 Å². The maximum Gasteiger partial charge on any atom is 0.161 e. The third-order valence-electron chi connectivity index (χ3n) is 3.24. The van der Waals surface area contributed by atoms with Gasteiger partial charge in [-0.1, -0.05) is 6.92 Å². The fourth-order valence-electron chi connectivity index (χ4n) is 2.16. The minimum atomic E-state index is 0.714. The maximum absolute atomic E-state index is 5.39. The van der Waals surface area contributed by atoms with Crippen LogP contribution in [-0.4, -0.2) is 30.3 Å². The molecule has 20 heavy (non-hydrogen) atoms. The highest BCUT2D eigenvalue weighted by molar-refractivity contribution is 5.66. The molecule has 0 saturated carbocycles. The van der Waals surface area contributed by atoms with Crippen molar-refractivity contribution in [1.82, 2.24) is 14.9 Å². The fourth-order valence-corrected chi connectivity index (χ4v) is 2.16. The van der Waals surface area contributed by atoms with Gasteiger partial charge in [0.2, 0.25) is 0 Å². The van der Waals surface area contributed by atoms with Crippen LogP contribution in [0.3, 0.4) is 0 Å². The first-order valence-electron chi connectivity index (χ1n) is 6.64. The van der Waals surface area contributed by atoms with Gasteiger partial charge < -0.3 is 19.4 Å². The van der Waals surface area contributed by atoms with Crippen molar-refractivity contribution in [2.24, 2.45) is 7.05 Å². The van der Waals surface area contributed by atoms with Gasteiger partial charge in [-0.3, -0.25) is 0 Å². The van der Waals surface area contributed by atoms with E-state index in [1.807, 2.05) is 29.9 Å². The maximum atomic E-state index is 5.39. The van der Waals surface area contributed by atoms with E-state index in [-0.39, 0.29) is 0 Å². The molecule has 0 aliphatic carbocycles. The highest BCUT2D eigenvalue weighted by atomic mass is 16.5. The van der Waals surface area contributed by atoms with Gasteiger partial charge in [0.1, 0.15) is 5.82 Å². The summed E-state index contributed by atoms with van der Waals surface area (Å²) in [7, 11) is 5.27. The Morgan fingerprint density at radius 1 is 1.20 bits per heavy atom. The lowest BCUT2D eigenvalue weighted by Crippen LogP contribution is -2.13. The van der Waals surface area contributed by atoms with Crippen molar-refractivity contribution in [3.8, 4) is 22.9 Å². The van der Waals surface area contributed by atoms with Gasteiger partial charge in [-0.25, -0.2) is 4.98 Å². The molecule has 0 saturated heterocycles. The summed E-state index contributed by atoms with van der Waals surface area (Å²) in [5.41, 5.74) is 2.19. The zero-order valence-corrected chi connectivity index (χ0v) is 12.4. The van der Waals surface area contributed by atoms with Crippen LogP contribution < -0.4 is 14.8 Å². The van der Waals surface area contributed by atoms with E-state index in [4.69, 9.17) is 9.47 Å². The van der Waals surface area contributed by atoms with Crippen LogP contribution in [0.4, 0.5) is 0 Å². The third-order valence-corrected chi connectivity index (χ3v) is 3.24. The van der Waals surface area contributed by atoms with Crippen LogP contribution in [0.25, 0.3) is 11.4 Å². The number of methoxy groups -OCH3 is 2. The lowest BCUT2D eigenvalue weighted by atomic mass is 10.1. The number of imidazole rings is 1. The Hall–Kier alpha value is -2.01. The van der Waals surface area contributed by atoms with Gasteiger partial charge >= 0.3 is 0 Å². The number of nitrogens with zero attached hydrogens (tertiary/aromatic N) is 2. The molecule has 0 aliphatic rings. The molecular weight excluding hydrogens is 254 g/mol. The van der Waals surface area contributed by atoms with Crippen LogP contribution in [0.1, 0.15) is 12.5 Å². The molecule has 108 valence electrons. The first kappa shape index (κ1) is 14.4. The van der Waals surface area contributed by atoms with Crippen LogP contribution in [0.15, 0.2) is 24.5 Å². The van der Waals surface area contributed by atoms with E-state index in [9.17, 15) is 0 Å². The average Bonchev–Trinajstić information content (AvgIpc) is 2.90. The van der Waals surface area contributed by atoms with Gasteiger partial charge in [-0.05, 0) is 24.2 Å². The molecule has 5 heteroatoms. The van der Waals surface area contributed by atoms with Gasteiger partial charge in [0, 0.05) is 31.5 Å². The lowest BCUT2D eigenvalue weighted by Gasteiger charge is -2.15. The molecule has 0 atom stereocenters. The highest BCUT2D eigenvalue weighted by Crippen LogP contribution is 2.35. The van der Waals surface area contributed by atoms with E-state index < -0.39 is 0 Å². The van der Waals surface area contributed by atoms with E-state index in [0.29, 0.717) is 5.75 Å². The van der Waals surface area contributed by atoms with E-state index in [1.165, 1.54) is 0 Å². The summed E-state index contributed by atoms with van der Waals surface area (Å²) < 4.78 is 12.8. The molecule has 2 rings (SSSR count). The number of aromatic nitrogens is 2. The minimum Gasteiger partial charge on any atom is -0.493 e. The van der Waals surface area contributed by atoms with Crippen molar-refractivity contribution >= 4 is 0 Å². The molecule has 0 amide bonds. The van der Waals surface area contributed by atoms with Gasteiger partial charge in [-0.2, -0.15) is 0 Å². The van der Waals surface area contributed by atoms with E-state index in [0.717, 1.165) is 35.8 Å². The molecule has 0 unspecified atom stereocenters. The molecule has 1 N–H and O–H groups in total. The predicted molar refractivity (Wildman–Crippen MR) is 79.1 cm³/mol. The monoisotopic (exact) mass is 275 g/mol. The Balaban J connectivity index is 2.54. The zero-order chi connectivity index (χ0) is 14.5. The fraction of sp³-hybridized carbons (Fsp3) is 0.400. The molecule has 2 aromatic rings. The summed E-state index contributed by atoms with van der Waals surface area (Å²) in [6.07, 6.45) is 3.73. The van der Waals surface area contributed by atoms with Crippen LogP contribution in [0.5, 0.6) is 11.5 Å². The second-order valence-corrected chi connectivity index (χ2v) is 4.51. The van der Waals surface area contributed by atoms with Crippen LogP contribution in [-0.2, 0) is 13.6 Å². The number of benzene rings is 1. The van der Waals surface area contributed by atoms with Gasteiger partial charge in [0.05, 0.1) is 14.2 Å². The molecule has 0 radical (unpaired) electrons. The van der Waals surface area contributed by atoms with Crippen molar-refractivity contribution in [3.05, 3.63) is 30.1 Å². The summed E-state index contributed by atoms with van der Waals surface area (Å²) in [5, 5.41) is 3.34. The Morgan fingerprint density at radius 2 is 1.90 bits per heavy atom. The number of hydrogen-bond donors (Lipinski definition) is 1. The Kier molecular flexibility index (Phi) is 4.63. The molecule has 1 aromatic heterocycles. The van der Waals surface area contributed by atoms with E-state index in [2.05, 4.69) is 17.2 Å². The lowest BCUT2D eigenvalue weighted by molar-refractivity contribution is 0.354. The van der Waals surface area contributed by atoms with Crippen LogP contribution in [0.2, 0.25) is 0 Å². The molecule has 0 fully saturated rings. The second-order valence-electron chi connectivity index (χ2n) is 4.51. The Morgan fingerprint density at radius 3 is 2.45 bits per heavy atom. The molecule has 1 heterocycles. The van der Waals surface area contributed by atoms with Gasteiger partial charge in [-0.15, -0.1) is 0 Å². The number of aryl methyl sites for hydroxylation is 1. The number of nitrogens with one attached hydrogen (secondary N) is 1. The topological polar surface area (TPSA) is 48.3 Å². The molecule has 1 aromatic carbocycles. The van der Waals surface area contributed by atoms with Crippen molar-refractivity contribution in [2.75, 3.05) is 20.8 Å². The first-order valence-corrected chi connectivity index (χ1v) is 6.64. The SMILES string of the molecule is CCNCc1cc(OC)c(OC)cc1-c1nccn1C. The zero-order valence-electron chi connectivity index (χ0n) is 12.4. The minimum absolute atomic E-state index is 0.714. The smallest absolute Gasteiger partial charge is 0.161 e. The first-order chi connectivity index (χ1) is 9.71. The number of ether oxygens (including phenoxy) is 2. The average molecular weight is 275 g/mol. The van der Waals surface area contributed by atoms with E-state index in [1.54, 1.807) is 20.4 Å². The van der Waals surface area contributed by atoms with Crippen molar-refractivity contribution in [1.29, 1.82) is 0 Å². The third kappa shape index (κ3) is 2.77. The molecule has 5 nitrogen and oxygen atoms in total. The second kappa shape index (κ2) is 6.43.